The summed E-state index contributed by atoms with van der Waals surface area (Å²) in [6, 6.07) is 21.8. The second-order valence-electron chi connectivity index (χ2n) is 6.57. The fourth-order valence-electron chi connectivity index (χ4n) is 2.77. The number of halogens is 2. The van der Waals surface area contributed by atoms with Crippen LogP contribution in [0.2, 0.25) is 10.0 Å². The Kier molecular flexibility index (Phi) is 7.13. The molecule has 6 heteroatoms. The van der Waals surface area contributed by atoms with Gasteiger partial charge in [-0.1, -0.05) is 53.5 Å². The molecular weight excluding hydrogens is 419 g/mol. The minimum atomic E-state index is -0.242. The summed E-state index contributed by atoms with van der Waals surface area (Å²) in [6.45, 7) is 1.85. The number of carbonyl (C=O) groups excluding carboxylic acids is 1. The van der Waals surface area contributed by atoms with E-state index in [2.05, 4.69) is 11.4 Å². The van der Waals surface area contributed by atoms with Gasteiger partial charge >= 0.3 is 0 Å². The maximum absolute atomic E-state index is 12.1. The number of allylic oxidation sites excluding steroid dienone is 1. The molecule has 0 saturated heterocycles. The van der Waals surface area contributed by atoms with Crippen molar-refractivity contribution in [1.29, 1.82) is 5.26 Å². The van der Waals surface area contributed by atoms with Gasteiger partial charge in [-0.2, -0.15) is 5.26 Å². The first kappa shape index (κ1) is 21.4. The van der Waals surface area contributed by atoms with Crippen LogP contribution in [0.1, 0.15) is 16.7 Å². The minimum Gasteiger partial charge on any atom is -0.484 e. The van der Waals surface area contributed by atoms with Crippen LogP contribution in [0.15, 0.2) is 66.7 Å². The van der Waals surface area contributed by atoms with Crippen molar-refractivity contribution < 1.29 is 9.53 Å². The number of rotatable bonds is 6. The predicted octanol–water partition coefficient (Wildman–Crippen LogP) is 6.38. The zero-order valence-corrected chi connectivity index (χ0v) is 17.7. The van der Waals surface area contributed by atoms with Crippen molar-refractivity contribution in [2.75, 3.05) is 11.9 Å². The number of benzene rings is 3. The quantitative estimate of drug-likeness (QED) is 0.359. The molecule has 0 atom stereocenters. The maximum atomic E-state index is 12.1. The first-order chi connectivity index (χ1) is 14.4. The van der Waals surface area contributed by atoms with Gasteiger partial charge in [-0.3, -0.25) is 4.79 Å². The lowest BCUT2D eigenvalue weighted by atomic mass is 10.0. The van der Waals surface area contributed by atoms with E-state index >= 15 is 0 Å². The molecule has 0 unspecified atom stereocenters. The molecule has 0 radical (unpaired) electrons. The van der Waals surface area contributed by atoms with Crippen molar-refractivity contribution >= 4 is 46.4 Å². The van der Waals surface area contributed by atoms with Gasteiger partial charge in [0, 0.05) is 16.3 Å². The summed E-state index contributed by atoms with van der Waals surface area (Å²) in [5.74, 6) is 0.309. The Morgan fingerprint density at radius 3 is 2.53 bits per heavy atom. The normalized spacial score (nSPS) is 10.9. The van der Waals surface area contributed by atoms with Crippen molar-refractivity contribution in [1.82, 2.24) is 0 Å². The number of hydrogen-bond donors (Lipinski definition) is 1. The van der Waals surface area contributed by atoms with Crippen LogP contribution in [0.4, 0.5) is 5.69 Å². The highest BCUT2D eigenvalue weighted by molar-refractivity contribution is 6.36. The average molecular weight is 437 g/mol. The van der Waals surface area contributed by atoms with Crippen LogP contribution in [-0.2, 0) is 4.79 Å². The van der Waals surface area contributed by atoms with E-state index < -0.39 is 0 Å². The van der Waals surface area contributed by atoms with Gasteiger partial charge < -0.3 is 10.1 Å². The zero-order chi connectivity index (χ0) is 21.5. The van der Waals surface area contributed by atoms with Gasteiger partial charge in [-0.15, -0.1) is 0 Å². The van der Waals surface area contributed by atoms with E-state index in [4.69, 9.17) is 27.9 Å². The standard InChI is InChI=1S/C24H18Cl2N2O2/c1-16-3-2-4-20(11-16)28-24(29)15-30-21-8-5-17(6-9-21)12-18(14-27)22-10-7-19(25)13-23(22)26/h2-13H,15H2,1H3,(H,28,29)/b18-12+. The molecule has 0 aliphatic rings. The molecule has 0 aromatic heterocycles. The van der Waals surface area contributed by atoms with Crippen molar-refractivity contribution in [3.63, 3.8) is 0 Å². The molecule has 3 aromatic carbocycles. The zero-order valence-electron chi connectivity index (χ0n) is 16.2. The number of nitrogens with one attached hydrogen (secondary N) is 1. The smallest absolute Gasteiger partial charge is 0.262 e. The van der Waals surface area contributed by atoms with Crippen LogP contribution < -0.4 is 10.1 Å². The predicted molar refractivity (Wildman–Crippen MR) is 122 cm³/mol. The number of nitriles is 1. The number of nitrogens with zero attached hydrogens (tertiary/aromatic N) is 1. The van der Waals surface area contributed by atoms with E-state index in [1.165, 1.54) is 0 Å². The summed E-state index contributed by atoms with van der Waals surface area (Å²) in [7, 11) is 0. The third-order valence-electron chi connectivity index (χ3n) is 4.20. The lowest BCUT2D eigenvalue weighted by Crippen LogP contribution is -2.20. The SMILES string of the molecule is Cc1cccc(NC(=O)COc2ccc(/C=C(\C#N)c3ccc(Cl)cc3Cl)cc2)c1. The monoisotopic (exact) mass is 436 g/mol. The molecule has 150 valence electrons. The number of ether oxygens (including phenoxy) is 1. The molecule has 0 fully saturated rings. The fourth-order valence-corrected chi connectivity index (χ4v) is 3.28. The Labute approximate surface area is 185 Å². The molecule has 0 aliphatic carbocycles. The van der Waals surface area contributed by atoms with Crippen LogP contribution in [0.3, 0.4) is 0 Å². The third kappa shape index (κ3) is 5.87. The van der Waals surface area contributed by atoms with Gasteiger partial charge in [-0.05, 0) is 60.5 Å². The molecular formula is C24H18Cl2N2O2. The Balaban J connectivity index is 1.63. The molecule has 1 amide bonds. The van der Waals surface area contributed by atoms with Gasteiger partial charge in [0.05, 0.1) is 16.7 Å². The Bertz CT molecular complexity index is 1130. The van der Waals surface area contributed by atoms with E-state index in [-0.39, 0.29) is 12.5 Å². The number of anilines is 1. The maximum Gasteiger partial charge on any atom is 0.262 e. The Hall–Kier alpha value is -3.26. The van der Waals surface area contributed by atoms with Gasteiger partial charge in [0.15, 0.2) is 6.61 Å². The van der Waals surface area contributed by atoms with E-state index in [1.54, 1.807) is 48.5 Å². The van der Waals surface area contributed by atoms with Crippen LogP contribution in [0, 0.1) is 18.3 Å². The van der Waals surface area contributed by atoms with E-state index in [0.29, 0.717) is 26.9 Å². The summed E-state index contributed by atoms with van der Waals surface area (Å²) < 4.78 is 5.54. The lowest BCUT2D eigenvalue weighted by Gasteiger charge is -2.08. The average Bonchev–Trinajstić information content (AvgIpc) is 2.72. The Morgan fingerprint density at radius 1 is 1.10 bits per heavy atom. The highest BCUT2D eigenvalue weighted by Gasteiger charge is 2.08. The van der Waals surface area contributed by atoms with Gasteiger partial charge in [-0.25, -0.2) is 0 Å². The number of aryl methyl sites for hydroxylation is 1. The summed E-state index contributed by atoms with van der Waals surface area (Å²) in [5.41, 5.74) is 3.62. The first-order valence-electron chi connectivity index (χ1n) is 9.11. The second-order valence-corrected chi connectivity index (χ2v) is 7.41. The van der Waals surface area contributed by atoms with Crippen LogP contribution in [0.5, 0.6) is 5.75 Å². The van der Waals surface area contributed by atoms with Gasteiger partial charge in [0.2, 0.25) is 0 Å². The largest absolute Gasteiger partial charge is 0.484 e. The molecule has 3 rings (SSSR count). The summed E-state index contributed by atoms with van der Waals surface area (Å²) in [6.07, 6.45) is 1.73. The molecule has 0 heterocycles. The highest BCUT2D eigenvalue weighted by atomic mass is 35.5. The number of hydrogen-bond acceptors (Lipinski definition) is 3. The molecule has 0 bridgehead atoms. The third-order valence-corrected chi connectivity index (χ3v) is 4.75. The van der Waals surface area contributed by atoms with Gasteiger partial charge in [0.25, 0.3) is 5.91 Å². The van der Waals surface area contributed by atoms with E-state index in [9.17, 15) is 10.1 Å². The molecule has 0 spiro atoms. The second kappa shape index (κ2) is 9.98. The van der Waals surface area contributed by atoms with Crippen LogP contribution >= 0.6 is 23.2 Å². The van der Waals surface area contributed by atoms with Crippen LogP contribution in [-0.4, -0.2) is 12.5 Å². The fraction of sp³-hybridized carbons (Fsp3) is 0.0833. The summed E-state index contributed by atoms with van der Waals surface area (Å²) in [5, 5.41) is 13.2. The van der Waals surface area contributed by atoms with Crippen molar-refractivity contribution in [3.05, 3.63) is 93.5 Å². The molecule has 1 N–H and O–H groups in total. The molecule has 4 nitrogen and oxygen atoms in total. The molecule has 0 aliphatic heterocycles. The lowest BCUT2D eigenvalue weighted by molar-refractivity contribution is -0.118. The Morgan fingerprint density at radius 2 is 1.87 bits per heavy atom. The van der Waals surface area contributed by atoms with E-state index in [1.807, 2.05) is 31.2 Å². The molecule has 30 heavy (non-hydrogen) atoms. The van der Waals surface area contributed by atoms with E-state index in [0.717, 1.165) is 16.8 Å². The molecule has 3 aromatic rings. The summed E-state index contributed by atoms with van der Waals surface area (Å²) >= 11 is 12.1. The first-order valence-corrected chi connectivity index (χ1v) is 9.87. The van der Waals surface area contributed by atoms with Crippen molar-refractivity contribution in [3.8, 4) is 11.8 Å². The van der Waals surface area contributed by atoms with Gasteiger partial charge in [0.1, 0.15) is 5.75 Å². The molecule has 0 saturated carbocycles. The number of carbonyl (C=O) groups is 1. The van der Waals surface area contributed by atoms with Crippen molar-refractivity contribution in [2.24, 2.45) is 0 Å². The summed E-state index contributed by atoms with van der Waals surface area (Å²) in [4.78, 5) is 12.1. The van der Waals surface area contributed by atoms with Crippen LogP contribution in [0.25, 0.3) is 11.6 Å². The van der Waals surface area contributed by atoms with Crippen molar-refractivity contribution in [2.45, 2.75) is 6.92 Å². The number of amides is 1. The highest BCUT2D eigenvalue weighted by Crippen LogP contribution is 2.28. The topological polar surface area (TPSA) is 62.1 Å². The minimum absolute atomic E-state index is 0.104.